The summed E-state index contributed by atoms with van der Waals surface area (Å²) in [5.41, 5.74) is 7.29. The average molecular weight is 399 g/mol. The molecule has 29 heavy (non-hydrogen) atoms. The Morgan fingerprint density at radius 3 is 2.34 bits per heavy atom. The van der Waals surface area contributed by atoms with Gasteiger partial charge in [-0.2, -0.15) is 0 Å². The number of benzene rings is 2. The molecule has 0 radical (unpaired) electrons. The van der Waals surface area contributed by atoms with Gasteiger partial charge in [-0.05, 0) is 48.6 Å². The highest BCUT2D eigenvalue weighted by Gasteiger charge is 2.28. The molecule has 6 heteroatoms. The largest absolute Gasteiger partial charge is 0.492 e. The predicted molar refractivity (Wildman–Crippen MR) is 112 cm³/mol. The third-order valence-corrected chi connectivity index (χ3v) is 5.20. The second kappa shape index (κ2) is 10.8. The van der Waals surface area contributed by atoms with Gasteiger partial charge < -0.3 is 24.8 Å². The van der Waals surface area contributed by atoms with Crippen molar-refractivity contribution < 1.29 is 19.0 Å². The highest BCUT2D eigenvalue weighted by atomic mass is 16.5. The van der Waals surface area contributed by atoms with Crippen molar-refractivity contribution in [3.8, 4) is 11.5 Å². The molecule has 2 aromatic carbocycles. The lowest BCUT2D eigenvalue weighted by Crippen LogP contribution is -2.48. The molecule has 1 unspecified atom stereocenters. The molecule has 1 saturated heterocycles. The van der Waals surface area contributed by atoms with E-state index in [9.17, 15) is 4.79 Å². The number of carbonyl (C=O) groups is 1. The van der Waals surface area contributed by atoms with Gasteiger partial charge in [-0.1, -0.05) is 30.3 Å². The highest BCUT2D eigenvalue weighted by molar-refractivity contribution is 5.81. The van der Waals surface area contributed by atoms with Crippen LogP contribution in [0.5, 0.6) is 11.5 Å². The minimum atomic E-state index is -0.468. The molecule has 1 heterocycles. The van der Waals surface area contributed by atoms with Gasteiger partial charge in [0.2, 0.25) is 5.91 Å². The molecule has 1 atom stereocenters. The molecule has 6 nitrogen and oxygen atoms in total. The summed E-state index contributed by atoms with van der Waals surface area (Å²) in [5.74, 6) is 1.69. The second-order valence-corrected chi connectivity index (χ2v) is 7.33. The summed E-state index contributed by atoms with van der Waals surface area (Å²) in [6.07, 6.45) is 1.69. The zero-order valence-electron chi connectivity index (χ0n) is 17.0. The van der Waals surface area contributed by atoms with Crippen LogP contribution in [-0.4, -0.2) is 50.3 Å². The molecule has 1 aliphatic rings. The molecule has 2 N–H and O–H groups in total. The van der Waals surface area contributed by atoms with Crippen molar-refractivity contribution in [3.05, 3.63) is 60.2 Å². The summed E-state index contributed by atoms with van der Waals surface area (Å²) in [4.78, 5) is 14.2. The van der Waals surface area contributed by atoms with Crippen LogP contribution in [0.4, 0.5) is 0 Å². The van der Waals surface area contributed by atoms with Crippen LogP contribution in [0.15, 0.2) is 54.6 Å². The number of likely N-dealkylation sites (N-methyl/N-ethyl adjacent to an activating group) is 1. The minimum Gasteiger partial charge on any atom is -0.492 e. The lowest BCUT2D eigenvalue weighted by Gasteiger charge is -2.29. The summed E-state index contributed by atoms with van der Waals surface area (Å²) in [6, 6.07) is 17.1. The van der Waals surface area contributed by atoms with Gasteiger partial charge in [0, 0.05) is 20.3 Å². The fourth-order valence-electron chi connectivity index (χ4n) is 3.31. The van der Waals surface area contributed by atoms with Crippen LogP contribution in [0.3, 0.4) is 0 Å². The third kappa shape index (κ3) is 6.48. The van der Waals surface area contributed by atoms with E-state index in [2.05, 4.69) is 0 Å². The number of ether oxygens (including phenoxy) is 3. The molecule has 1 aliphatic heterocycles. The Kier molecular flexibility index (Phi) is 7.90. The van der Waals surface area contributed by atoms with Crippen LogP contribution in [0.1, 0.15) is 18.4 Å². The summed E-state index contributed by atoms with van der Waals surface area (Å²) >= 11 is 0. The fourth-order valence-corrected chi connectivity index (χ4v) is 3.31. The summed E-state index contributed by atoms with van der Waals surface area (Å²) in [6.45, 7) is 2.79. The maximum absolute atomic E-state index is 12.5. The van der Waals surface area contributed by atoms with Crippen molar-refractivity contribution in [1.82, 2.24) is 4.90 Å². The van der Waals surface area contributed by atoms with E-state index in [1.165, 1.54) is 0 Å². The van der Waals surface area contributed by atoms with E-state index in [1.54, 1.807) is 11.9 Å². The molecular weight excluding hydrogens is 368 g/mol. The van der Waals surface area contributed by atoms with Crippen molar-refractivity contribution in [2.24, 2.45) is 11.7 Å². The number of nitrogens with two attached hydrogens (primary N) is 1. The van der Waals surface area contributed by atoms with E-state index in [0.29, 0.717) is 33.0 Å². The Morgan fingerprint density at radius 2 is 1.69 bits per heavy atom. The van der Waals surface area contributed by atoms with Crippen molar-refractivity contribution in [2.45, 2.75) is 25.5 Å². The summed E-state index contributed by atoms with van der Waals surface area (Å²) < 4.78 is 16.9. The molecule has 0 aromatic heterocycles. The Bertz CT molecular complexity index is 745. The zero-order valence-corrected chi connectivity index (χ0v) is 17.0. The van der Waals surface area contributed by atoms with Gasteiger partial charge in [0.05, 0.1) is 12.6 Å². The minimum absolute atomic E-state index is 0.0369. The van der Waals surface area contributed by atoms with Crippen LogP contribution in [-0.2, 0) is 16.1 Å². The van der Waals surface area contributed by atoms with Crippen LogP contribution < -0.4 is 15.2 Å². The first-order chi connectivity index (χ1) is 14.1. The lowest BCUT2D eigenvalue weighted by molar-refractivity contribution is -0.133. The molecule has 1 fully saturated rings. The van der Waals surface area contributed by atoms with E-state index < -0.39 is 6.04 Å². The number of hydrogen-bond donors (Lipinski definition) is 1. The van der Waals surface area contributed by atoms with Gasteiger partial charge in [-0.25, -0.2) is 0 Å². The quantitative estimate of drug-likeness (QED) is 0.703. The van der Waals surface area contributed by atoms with E-state index in [0.717, 1.165) is 29.9 Å². The van der Waals surface area contributed by atoms with Gasteiger partial charge in [-0.3, -0.25) is 4.79 Å². The number of hydrogen-bond acceptors (Lipinski definition) is 5. The molecule has 3 rings (SSSR count). The Balaban J connectivity index is 1.38. The van der Waals surface area contributed by atoms with E-state index in [4.69, 9.17) is 19.9 Å². The second-order valence-electron chi connectivity index (χ2n) is 7.33. The van der Waals surface area contributed by atoms with E-state index in [1.807, 2.05) is 54.6 Å². The fraction of sp³-hybridized carbons (Fsp3) is 0.435. The number of nitrogens with zero attached hydrogens (tertiary/aromatic N) is 1. The summed E-state index contributed by atoms with van der Waals surface area (Å²) in [5, 5.41) is 0. The van der Waals surface area contributed by atoms with Crippen LogP contribution in [0.25, 0.3) is 0 Å². The van der Waals surface area contributed by atoms with Crippen molar-refractivity contribution in [1.29, 1.82) is 0 Å². The highest BCUT2D eigenvalue weighted by Crippen LogP contribution is 2.20. The predicted octanol–water partition coefficient (Wildman–Crippen LogP) is 2.86. The van der Waals surface area contributed by atoms with Gasteiger partial charge in [-0.15, -0.1) is 0 Å². The number of rotatable bonds is 9. The molecule has 1 amide bonds. The molecule has 2 aromatic rings. The van der Waals surface area contributed by atoms with Crippen molar-refractivity contribution in [3.63, 3.8) is 0 Å². The third-order valence-electron chi connectivity index (χ3n) is 5.20. The average Bonchev–Trinajstić information content (AvgIpc) is 2.78. The molecule has 0 bridgehead atoms. The maximum atomic E-state index is 12.5. The zero-order chi connectivity index (χ0) is 20.5. The molecule has 0 spiro atoms. The first-order valence-corrected chi connectivity index (χ1v) is 10.1. The Labute approximate surface area is 172 Å². The van der Waals surface area contributed by atoms with Crippen molar-refractivity contribution in [2.75, 3.05) is 33.4 Å². The molecule has 156 valence electrons. The Morgan fingerprint density at radius 1 is 1.07 bits per heavy atom. The Hall–Kier alpha value is -2.57. The number of carbonyl (C=O) groups excluding carboxylic acids is 1. The standard InChI is InChI=1S/C23H30N2O4/c1-25(23(26)22(24)19-11-14-27-15-12-19)13-16-28-20-7-9-21(10-8-20)29-17-18-5-3-2-4-6-18/h2-10,19,22H,11-17,24H2,1H3. The van der Waals surface area contributed by atoms with Gasteiger partial charge in [0.25, 0.3) is 0 Å². The number of amides is 1. The maximum Gasteiger partial charge on any atom is 0.239 e. The SMILES string of the molecule is CN(CCOc1ccc(OCc2ccccc2)cc1)C(=O)C(N)C1CCOCC1. The first kappa shape index (κ1) is 21.1. The summed E-state index contributed by atoms with van der Waals surface area (Å²) in [7, 11) is 1.77. The molecule has 0 aliphatic carbocycles. The van der Waals surface area contributed by atoms with Crippen LogP contribution in [0.2, 0.25) is 0 Å². The van der Waals surface area contributed by atoms with Crippen LogP contribution >= 0.6 is 0 Å². The van der Waals surface area contributed by atoms with E-state index >= 15 is 0 Å². The molecule has 0 saturated carbocycles. The van der Waals surface area contributed by atoms with Crippen molar-refractivity contribution >= 4 is 5.91 Å². The topological polar surface area (TPSA) is 74.0 Å². The van der Waals surface area contributed by atoms with Gasteiger partial charge >= 0.3 is 0 Å². The smallest absolute Gasteiger partial charge is 0.239 e. The van der Waals surface area contributed by atoms with E-state index in [-0.39, 0.29) is 11.8 Å². The normalized spacial score (nSPS) is 15.5. The lowest BCUT2D eigenvalue weighted by atomic mass is 9.91. The monoisotopic (exact) mass is 398 g/mol. The molecular formula is C23H30N2O4. The van der Waals surface area contributed by atoms with Gasteiger partial charge in [0.1, 0.15) is 24.7 Å². The van der Waals surface area contributed by atoms with Crippen LogP contribution in [0, 0.1) is 5.92 Å². The first-order valence-electron chi connectivity index (χ1n) is 10.1. The van der Waals surface area contributed by atoms with Gasteiger partial charge in [0.15, 0.2) is 0 Å².